The first-order valence-electron chi connectivity index (χ1n) is 10.4. The van der Waals surface area contributed by atoms with Crippen LogP contribution >= 0.6 is 11.8 Å². The molecule has 4 rings (SSSR count). The molecule has 0 saturated carbocycles. The minimum Gasteiger partial charge on any atom is -0.433 e. The summed E-state index contributed by atoms with van der Waals surface area (Å²) in [5.74, 6) is -0.655. The number of hydrogen-bond acceptors (Lipinski definition) is 5. The number of rotatable bonds is 8. The molecule has 6 nitrogen and oxygen atoms in total. The van der Waals surface area contributed by atoms with E-state index >= 15 is 0 Å². The fourth-order valence-electron chi connectivity index (χ4n) is 3.36. The van der Waals surface area contributed by atoms with Gasteiger partial charge in [-0.25, -0.2) is 4.98 Å². The smallest absolute Gasteiger partial charge is 0.387 e. The first kappa shape index (κ1) is 23.4. The Kier molecular flexibility index (Phi) is 7.22. The molecule has 0 saturated heterocycles. The Morgan fingerprint density at radius 3 is 2.53 bits per heavy atom. The van der Waals surface area contributed by atoms with Gasteiger partial charge in [-0.05, 0) is 36.8 Å². The summed E-state index contributed by atoms with van der Waals surface area (Å²) in [6, 6.07) is 20.8. The van der Waals surface area contributed by atoms with Crippen molar-refractivity contribution in [1.82, 2.24) is 9.55 Å². The van der Waals surface area contributed by atoms with Crippen LogP contribution in [0.15, 0.2) is 82.7 Å². The molecule has 9 heteroatoms. The molecular formula is C25H21F2N3O3S. The highest BCUT2D eigenvalue weighted by Crippen LogP contribution is 2.26. The van der Waals surface area contributed by atoms with E-state index in [1.165, 1.54) is 18.2 Å². The second kappa shape index (κ2) is 10.5. The number of hydrogen-bond donors (Lipinski definition) is 1. The molecule has 0 spiro atoms. The van der Waals surface area contributed by atoms with Crippen molar-refractivity contribution in [3.63, 3.8) is 0 Å². The van der Waals surface area contributed by atoms with Gasteiger partial charge in [0.15, 0.2) is 5.16 Å². The van der Waals surface area contributed by atoms with Gasteiger partial charge in [-0.3, -0.25) is 14.2 Å². The lowest BCUT2D eigenvalue weighted by Crippen LogP contribution is -2.25. The third kappa shape index (κ3) is 5.60. The molecule has 0 atom stereocenters. The molecule has 0 aliphatic carbocycles. The number of aryl methyl sites for hydroxylation is 1. The van der Waals surface area contributed by atoms with Gasteiger partial charge in [-0.2, -0.15) is 8.78 Å². The number of carbonyl (C=O) groups is 1. The second-order valence-corrected chi connectivity index (χ2v) is 8.44. The third-order valence-corrected chi connectivity index (χ3v) is 5.97. The van der Waals surface area contributed by atoms with Crippen LogP contribution < -0.4 is 15.6 Å². The quantitative estimate of drug-likeness (QED) is 0.281. The first-order chi connectivity index (χ1) is 16.4. The molecule has 0 aliphatic heterocycles. The third-order valence-electron chi connectivity index (χ3n) is 5.00. The minimum atomic E-state index is -3.01. The van der Waals surface area contributed by atoms with Gasteiger partial charge in [-0.1, -0.05) is 65.9 Å². The second-order valence-electron chi connectivity index (χ2n) is 7.50. The van der Waals surface area contributed by atoms with Gasteiger partial charge < -0.3 is 10.1 Å². The van der Waals surface area contributed by atoms with E-state index in [1.807, 2.05) is 31.2 Å². The highest BCUT2D eigenvalue weighted by molar-refractivity contribution is 7.99. The molecule has 1 heterocycles. The van der Waals surface area contributed by atoms with Gasteiger partial charge in [0.1, 0.15) is 5.75 Å². The fraction of sp³-hybridized carbons (Fsp3) is 0.160. The average Bonchev–Trinajstić information content (AvgIpc) is 2.82. The number of benzene rings is 3. The van der Waals surface area contributed by atoms with Gasteiger partial charge in [0.25, 0.3) is 5.56 Å². The number of thioether (sulfide) groups is 1. The van der Waals surface area contributed by atoms with Gasteiger partial charge in [-0.15, -0.1) is 0 Å². The molecule has 174 valence electrons. The molecule has 34 heavy (non-hydrogen) atoms. The van der Waals surface area contributed by atoms with Crippen LogP contribution in [0.5, 0.6) is 5.75 Å². The molecule has 0 bridgehead atoms. The van der Waals surface area contributed by atoms with Crippen molar-refractivity contribution >= 4 is 34.3 Å². The molecule has 1 aromatic heterocycles. The molecule has 0 aliphatic rings. The maximum absolute atomic E-state index is 13.2. The van der Waals surface area contributed by atoms with Gasteiger partial charge >= 0.3 is 6.61 Å². The number of anilines is 1. The van der Waals surface area contributed by atoms with E-state index in [0.717, 1.165) is 22.9 Å². The van der Waals surface area contributed by atoms with Gasteiger partial charge in [0.2, 0.25) is 5.91 Å². The maximum atomic E-state index is 13.2. The lowest BCUT2D eigenvalue weighted by molar-refractivity contribution is -0.113. The van der Waals surface area contributed by atoms with Crippen molar-refractivity contribution in [3.05, 3.63) is 94.3 Å². The Hall–Kier alpha value is -3.72. The SMILES string of the molecule is Cc1ccc(Cn2c(SCC(=O)Nc3ccccc3OC(F)F)nc3ccccc3c2=O)cc1. The lowest BCUT2D eigenvalue weighted by atomic mass is 10.1. The Morgan fingerprint density at radius 1 is 1.06 bits per heavy atom. The zero-order valence-electron chi connectivity index (χ0n) is 18.2. The van der Waals surface area contributed by atoms with Crippen LogP contribution in [-0.2, 0) is 11.3 Å². The van der Waals surface area contributed by atoms with E-state index in [0.29, 0.717) is 22.6 Å². The highest BCUT2D eigenvalue weighted by Gasteiger charge is 2.16. The predicted octanol–water partition coefficient (Wildman–Crippen LogP) is 5.09. The van der Waals surface area contributed by atoms with E-state index in [2.05, 4.69) is 15.0 Å². The fourth-order valence-corrected chi connectivity index (χ4v) is 4.16. The molecule has 4 aromatic rings. The van der Waals surface area contributed by atoms with Crippen molar-refractivity contribution in [1.29, 1.82) is 0 Å². The number of nitrogens with zero attached hydrogens (tertiary/aromatic N) is 2. The molecule has 1 amide bonds. The van der Waals surface area contributed by atoms with Crippen LogP contribution in [0.4, 0.5) is 14.5 Å². The Balaban J connectivity index is 1.58. The van der Waals surface area contributed by atoms with E-state index in [-0.39, 0.29) is 22.7 Å². The molecule has 0 fully saturated rings. The zero-order chi connectivity index (χ0) is 24.1. The number of amides is 1. The van der Waals surface area contributed by atoms with Crippen LogP contribution in [-0.4, -0.2) is 27.8 Å². The zero-order valence-corrected chi connectivity index (χ0v) is 19.0. The average molecular weight is 482 g/mol. The first-order valence-corrected chi connectivity index (χ1v) is 11.4. The maximum Gasteiger partial charge on any atom is 0.387 e. The van der Waals surface area contributed by atoms with Crippen molar-refractivity contribution in [3.8, 4) is 5.75 Å². The Bertz CT molecular complexity index is 1370. The molecular weight excluding hydrogens is 460 g/mol. The highest BCUT2D eigenvalue weighted by atomic mass is 32.2. The summed E-state index contributed by atoms with van der Waals surface area (Å²) < 4.78 is 31.3. The number of ether oxygens (including phenoxy) is 1. The number of para-hydroxylation sites is 3. The molecule has 1 N–H and O–H groups in total. The molecule has 0 radical (unpaired) electrons. The Labute approximate surface area is 198 Å². The summed E-state index contributed by atoms with van der Waals surface area (Å²) >= 11 is 1.10. The summed E-state index contributed by atoms with van der Waals surface area (Å²) in [6.07, 6.45) is 0. The predicted molar refractivity (Wildman–Crippen MR) is 129 cm³/mol. The minimum absolute atomic E-state index is 0.0817. The van der Waals surface area contributed by atoms with Crippen molar-refractivity contribution in [2.75, 3.05) is 11.1 Å². The van der Waals surface area contributed by atoms with Crippen LogP contribution in [0, 0.1) is 6.92 Å². The summed E-state index contributed by atoms with van der Waals surface area (Å²) in [4.78, 5) is 30.4. The number of alkyl halides is 2. The summed E-state index contributed by atoms with van der Waals surface area (Å²) in [6.45, 7) is -0.727. The number of aromatic nitrogens is 2. The Morgan fingerprint density at radius 2 is 1.76 bits per heavy atom. The van der Waals surface area contributed by atoms with Crippen molar-refractivity contribution < 1.29 is 18.3 Å². The standard InChI is InChI=1S/C25H21F2N3O3S/c1-16-10-12-17(13-11-16)14-30-23(32)18-6-2-3-7-19(18)29-25(30)34-15-22(31)28-20-8-4-5-9-21(20)33-24(26)27/h2-13,24H,14-15H2,1H3,(H,28,31). The largest absolute Gasteiger partial charge is 0.433 e. The number of carbonyl (C=O) groups excluding carboxylic acids is 1. The summed E-state index contributed by atoms with van der Waals surface area (Å²) in [5, 5.41) is 3.45. The number of nitrogens with one attached hydrogen (secondary N) is 1. The van der Waals surface area contributed by atoms with E-state index in [4.69, 9.17) is 0 Å². The normalized spacial score (nSPS) is 11.1. The number of halogens is 2. The van der Waals surface area contributed by atoms with Gasteiger partial charge in [0.05, 0.1) is 28.9 Å². The van der Waals surface area contributed by atoms with Crippen LogP contribution in [0.3, 0.4) is 0 Å². The lowest BCUT2D eigenvalue weighted by Gasteiger charge is -2.14. The summed E-state index contributed by atoms with van der Waals surface area (Å²) in [7, 11) is 0. The van der Waals surface area contributed by atoms with Crippen LogP contribution in [0.1, 0.15) is 11.1 Å². The van der Waals surface area contributed by atoms with Crippen molar-refractivity contribution in [2.45, 2.75) is 25.2 Å². The molecule has 0 unspecified atom stereocenters. The van der Waals surface area contributed by atoms with Gasteiger partial charge in [0, 0.05) is 0 Å². The number of fused-ring (bicyclic) bond motifs is 1. The molecule has 3 aromatic carbocycles. The van der Waals surface area contributed by atoms with E-state index < -0.39 is 12.5 Å². The van der Waals surface area contributed by atoms with E-state index in [9.17, 15) is 18.4 Å². The summed E-state index contributed by atoms with van der Waals surface area (Å²) in [5.41, 5.74) is 2.50. The topological polar surface area (TPSA) is 73.2 Å². The van der Waals surface area contributed by atoms with Crippen LogP contribution in [0.2, 0.25) is 0 Å². The van der Waals surface area contributed by atoms with Crippen LogP contribution in [0.25, 0.3) is 10.9 Å². The van der Waals surface area contributed by atoms with E-state index in [1.54, 1.807) is 34.9 Å². The monoisotopic (exact) mass is 481 g/mol. The van der Waals surface area contributed by atoms with Crippen molar-refractivity contribution in [2.24, 2.45) is 0 Å².